The summed E-state index contributed by atoms with van der Waals surface area (Å²) in [5, 5.41) is 2.92. The zero-order chi connectivity index (χ0) is 14.3. The van der Waals surface area contributed by atoms with Crippen LogP contribution in [0.3, 0.4) is 0 Å². The molecule has 0 saturated carbocycles. The normalized spacial score (nSPS) is 11.2. The molecule has 1 aromatic carbocycles. The van der Waals surface area contributed by atoms with Gasteiger partial charge in [-0.05, 0) is 32.4 Å². The second kappa shape index (κ2) is 7.14. The summed E-state index contributed by atoms with van der Waals surface area (Å²) in [5.41, 5.74) is 6.72. The highest BCUT2D eigenvalue weighted by Gasteiger charge is 2.12. The van der Waals surface area contributed by atoms with Gasteiger partial charge < -0.3 is 16.0 Å². The Hall–Kier alpha value is -1.55. The van der Waals surface area contributed by atoms with Crippen molar-refractivity contribution < 1.29 is 4.79 Å². The molecule has 0 unspecified atom stereocenters. The number of hydrogen-bond acceptors (Lipinski definition) is 3. The van der Waals surface area contributed by atoms with Gasteiger partial charge in [0.1, 0.15) is 0 Å². The molecule has 0 aromatic heterocycles. The maximum absolute atomic E-state index is 11.6. The fourth-order valence-corrected chi connectivity index (χ4v) is 1.70. The first-order chi connectivity index (χ1) is 8.88. The lowest BCUT2D eigenvalue weighted by Gasteiger charge is -2.20. The van der Waals surface area contributed by atoms with Gasteiger partial charge in [0.25, 0.3) is 0 Å². The predicted molar refractivity (Wildman–Crippen MR) is 80.2 cm³/mol. The van der Waals surface area contributed by atoms with E-state index in [1.807, 2.05) is 39.1 Å². The summed E-state index contributed by atoms with van der Waals surface area (Å²) in [6, 6.07) is 10.1. The third-order valence-electron chi connectivity index (χ3n) is 2.96. The summed E-state index contributed by atoms with van der Waals surface area (Å²) in [4.78, 5) is 13.7. The highest BCUT2D eigenvalue weighted by Crippen LogP contribution is 2.10. The molecule has 0 fully saturated rings. The van der Waals surface area contributed by atoms with Crippen LogP contribution in [0.1, 0.15) is 26.7 Å². The van der Waals surface area contributed by atoms with Crippen LogP contribution < -0.4 is 16.0 Å². The summed E-state index contributed by atoms with van der Waals surface area (Å²) in [6.45, 7) is 5.31. The number of rotatable bonds is 7. The molecule has 1 amide bonds. The molecule has 4 nitrogen and oxygen atoms in total. The molecule has 0 spiro atoms. The van der Waals surface area contributed by atoms with Crippen LogP contribution in [0.15, 0.2) is 30.3 Å². The standard InChI is InChI=1S/C15H25N3O/c1-15(2,16)10-9-14(19)17-11-12-18(3)13-7-5-4-6-8-13/h4-8H,9-12,16H2,1-3H3,(H,17,19). The van der Waals surface area contributed by atoms with E-state index in [9.17, 15) is 4.79 Å². The van der Waals surface area contributed by atoms with Crippen molar-refractivity contribution in [2.45, 2.75) is 32.2 Å². The number of nitrogens with zero attached hydrogens (tertiary/aromatic N) is 1. The van der Waals surface area contributed by atoms with Gasteiger partial charge in [-0.1, -0.05) is 18.2 Å². The summed E-state index contributed by atoms with van der Waals surface area (Å²) < 4.78 is 0. The van der Waals surface area contributed by atoms with E-state index in [2.05, 4.69) is 22.3 Å². The maximum atomic E-state index is 11.6. The minimum atomic E-state index is -0.280. The smallest absolute Gasteiger partial charge is 0.220 e. The minimum Gasteiger partial charge on any atom is -0.373 e. The van der Waals surface area contributed by atoms with Crippen LogP contribution in [0.25, 0.3) is 0 Å². The number of benzene rings is 1. The van der Waals surface area contributed by atoms with Crippen molar-refractivity contribution in [2.75, 3.05) is 25.0 Å². The lowest BCUT2D eigenvalue weighted by Crippen LogP contribution is -2.36. The monoisotopic (exact) mass is 263 g/mol. The van der Waals surface area contributed by atoms with E-state index < -0.39 is 0 Å². The molecule has 0 saturated heterocycles. The van der Waals surface area contributed by atoms with E-state index in [0.29, 0.717) is 19.4 Å². The minimum absolute atomic E-state index is 0.0694. The lowest BCUT2D eigenvalue weighted by atomic mass is 10.00. The Morgan fingerprint density at radius 1 is 1.32 bits per heavy atom. The first-order valence-electron chi connectivity index (χ1n) is 6.70. The molecule has 3 N–H and O–H groups in total. The third kappa shape index (κ3) is 6.82. The van der Waals surface area contributed by atoms with Crippen molar-refractivity contribution in [3.8, 4) is 0 Å². The number of amides is 1. The molecule has 0 radical (unpaired) electrons. The van der Waals surface area contributed by atoms with Crippen LogP contribution in [0.2, 0.25) is 0 Å². The lowest BCUT2D eigenvalue weighted by molar-refractivity contribution is -0.121. The van der Waals surface area contributed by atoms with Crippen LogP contribution in [0, 0.1) is 0 Å². The maximum Gasteiger partial charge on any atom is 0.220 e. The van der Waals surface area contributed by atoms with Gasteiger partial charge >= 0.3 is 0 Å². The molecule has 0 heterocycles. The fraction of sp³-hybridized carbons (Fsp3) is 0.533. The summed E-state index contributed by atoms with van der Waals surface area (Å²) in [7, 11) is 2.02. The third-order valence-corrected chi connectivity index (χ3v) is 2.96. The zero-order valence-electron chi connectivity index (χ0n) is 12.1. The van der Waals surface area contributed by atoms with E-state index in [4.69, 9.17) is 5.73 Å². The molecule has 0 aliphatic rings. The Morgan fingerprint density at radius 3 is 2.53 bits per heavy atom. The molecule has 19 heavy (non-hydrogen) atoms. The Balaban J connectivity index is 2.22. The van der Waals surface area contributed by atoms with E-state index in [1.165, 1.54) is 0 Å². The SMILES string of the molecule is CN(CCNC(=O)CCC(C)(C)N)c1ccccc1. The van der Waals surface area contributed by atoms with Crippen LogP contribution in [0.5, 0.6) is 0 Å². The number of para-hydroxylation sites is 1. The second-order valence-corrected chi connectivity index (χ2v) is 5.60. The molecular weight excluding hydrogens is 238 g/mol. The number of hydrogen-bond donors (Lipinski definition) is 2. The van der Waals surface area contributed by atoms with Crippen molar-refractivity contribution in [3.63, 3.8) is 0 Å². The van der Waals surface area contributed by atoms with E-state index in [0.717, 1.165) is 12.2 Å². The number of likely N-dealkylation sites (N-methyl/N-ethyl adjacent to an activating group) is 1. The first kappa shape index (κ1) is 15.5. The van der Waals surface area contributed by atoms with Crippen LogP contribution in [0.4, 0.5) is 5.69 Å². The van der Waals surface area contributed by atoms with Crippen molar-refractivity contribution >= 4 is 11.6 Å². The first-order valence-corrected chi connectivity index (χ1v) is 6.70. The largest absolute Gasteiger partial charge is 0.373 e. The summed E-state index contributed by atoms with van der Waals surface area (Å²) >= 11 is 0. The van der Waals surface area contributed by atoms with Gasteiger partial charge in [-0.2, -0.15) is 0 Å². The van der Waals surface area contributed by atoms with Gasteiger partial charge in [-0.3, -0.25) is 4.79 Å². The fourth-order valence-electron chi connectivity index (χ4n) is 1.70. The van der Waals surface area contributed by atoms with Gasteiger partial charge in [0.05, 0.1) is 0 Å². The van der Waals surface area contributed by atoms with Crippen molar-refractivity contribution in [1.29, 1.82) is 0 Å². The van der Waals surface area contributed by atoms with Gasteiger partial charge in [-0.15, -0.1) is 0 Å². The number of carbonyl (C=O) groups excluding carboxylic acids is 1. The highest BCUT2D eigenvalue weighted by molar-refractivity contribution is 5.75. The summed E-state index contributed by atoms with van der Waals surface area (Å²) in [5.74, 6) is 0.0694. The molecule has 0 bridgehead atoms. The van der Waals surface area contributed by atoms with Gasteiger partial charge in [0.2, 0.25) is 5.91 Å². The number of nitrogens with one attached hydrogen (secondary N) is 1. The Labute approximate surface area is 116 Å². The van der Waals surface area contributed by atoms with E-state index >= 15 is 0 Å². The second-order valence-electron chi connectivity index (χ2n) is 5.60. The predicted octanol–water partition coefficient (Wildman–Crippen LogP) is 1.76. The Morgan fingerprint density at radius 2 is 1.95 bits per heavy atom. The molecule has 0 aliphatic carbocycles. The number of nitrogens with two attached hydrogens (primary N) is 1. The quantitative estimate of drug-likeness (QED) is 0.788. The number of carbonyl (C=O) groups is 1. The van der Waals surface area contributed by atoms with Gasteiger partial charge in [-0.25, -0.2) is 0 Å². The molecule has 106 valence electrons. The molecule has 0 aliphatic heterocycles. The van der Waals surface area contributed by atoms with Gasteiger partial charge in [0.15, 0.2) is 0 Å². The van der Waals surface area contributed by atoms with Crippen molar-refractivity contribution in [1.82, 2.24) is 5.32 Å². The van der Waals surface area contributed by atoms with Crippen LogP contribution >= 0.6 is 0 Å². The van der Waals surface area contributed by atoms with Gasteiger partial charge in [0, 0.05) is 37.8 Å². The Bertz CT molecular complexity index is 384. The molecule has 4 heteroatoms. The average molecular weight is 263 g/mol. The van der Waals surface area contributed by atoms with E-state index in [-0.39, 0.29) is 11.4 Å². The summed E-state index contributed by atoms with van der Waals surface area (Å²) in [6.07, 6.45) is 1.19. The highest BCUT2D eigenvalue weighted by atomic mass is 16.1. The molecule has 1 rings (SSSR count). The molecular formula is C15H25N3O. The topological polar surface area (TPSA) is 58.4 Å². The molecule has 0 atom stereocenters. The van der Waals surface area contributed by atoms with Crippen LogP contribution in [-0.2, 0) is 4.79 Å². The number of anilines is 1. The van der Waals surface area contributed by atoms with E-state index in [1.54, 1.807) is 0 Å². The van der Waals surface area contributed by atoms with Crippen LogP contribution in [-0.4, -0.2) is 31.6 Å². The average Bonchev–Trinajstić information content (AvgIpc) is 2.36. The van der Waals surface area contributed by atoms with Crippen molar-refractivity contribution in [2.24, 2.45) is 5.73 Å². The zero-order valence-corrected chi connectivity index (χ0v) is 12.1. The van der Waals surface area contributed by atoms with Crippen molar-refractivity contribution in [3.05, 3.63) is 30.3 Å². The Kier molecular flexibility index (Phi) is 5.83. The molecule has 1 aromatic rings.